The number of benzene rings is 1. The third-order valence-electron chi connectivity index (χ3n) is 5.59. The van der Waals surface area contributed by atoms with E-state index >= 15 is 0 Å². The summed E-state index contributed by atoms with van der Waals surface area (Å²) in [5.41, 5.74) is 2.86. The summed E-state index contributed by atoms with van der Waals surface area (Å²) in [5, 5.41) is 4.27. The molecule has 2 atom stereocenters. The molecule has 28 heavy (non-hydrogen) atoms. The second-order valence-corrected chi connectivity index (χ2v) is 8.72. The van der Waals surface area contributed by atoms with Crippen molar-refractivity contribution in [2.45, 2.75) is 45.4 Å². The van der Waals surface area contributed by atoms with E-state index in [-0.39, 0.29) is 5.78 Å². The number of rotatable bonds is 8. The van der Waals surface area contributed by atoms with Crippen LogP contribution in [0.3, 0.4) is 0 Å². The van der Waals surface area contributed by atoms with Gasteiger partial charge in [0.15, 0.2) is 5.78 Å². The van der Waals surface area contributed by atoms with Crippen LogP contribution in [0.4, 0.5) is 0 Å². The molecule has 4 heteroatoms. The number of Topliss-reactive ketones (excluding diaryl/α,β-unsaturated/α-hetero) is 1. The zero-order valence-electron chi connectivity index (χ0n) is 16.8. The van der Waals surface area contributed by atoms with Crippen molar-refractivity contribution in [2.75, 3.05) is 18.1 Å². The van der Waals surface area contributed by atoms with Crippen molar-refractivity contribution in [3.63, 3.8) is 0 Å². The Morgan fingerprint density at radius 3 is 2.82 bits per heavy atom. The van der Waals surface area contributed by atoms with Crippen molar-refractivity contribution < 1.29 is 9.63 Å². The van der Waals surface area contributed by atoms with Crippen molar-refractivity contribution >= 4 is 23.3 Å². The average molecular weight is 398 g/mol. The molecule has 1 aliphatic carbocycles. The average Bonchev–Trinajstić information content (AvgIpc) is 2.75. The lowest BCUT2D eigenvalue weighted by atomic mass is 9.78. The molecule has 3 rings (SSSR count). The van der Waals surface area contributed by atoms with Crippen LogP contribution in [0.25, 0.3) is 0 Å². The summed E-state index contributed by atoms with van der Waals surface area (Å²) < 4.78 is 0. The largest absolute Gasteiger partial charge is 0.391 e. The molecule has 1 aromatic carbocycles. The molecule has 0 spiro atoms. The van der Waals surface area contributed by atoms with Crippen molar-refractivity contribution in [1.29, 1.82) is 0 Å². The lowest BCUT2D eigenvalue weighted by Crippen LogP contribution is -2.28. The molecule has 0 radical (unpaired) electrons. The molecule has 0 N–H and O–H groups in total. The highest BCUT2D eigenvalue weighted by atomic mass is 32.2. The van der Waals surface area contributed by atoms with Gasteiger partial charge in [0.25, 0.3) is 0 Å². The van der Waals surface area contributed by atoms with Crippen molar-refractivity contribution in [3.8, 4) is 0 Å². The highest BCUT2D eigenvalue weighted by Crippen LogP contribution is 2.36. The number of hydrogen-bond acceptors (Lipinski definition) is 4. The third kappa shape index (κ3) is 6.10. The summed E-state index contributed by atoms with van der Waals surface area (Å²) in [6.45, 7) is 2.46. The maximum Gasteiger partial charge on any atom is 0.164 e. The van der Waals surface area contributed by atoms with E-state index in [0.717, 1.165) is 30.5 Å². The molecule has 3 nitrogen and oxygen atoms in total. The Hall–Kier alpha value is -1.81. The summed E-state index contributed by atoms with van der Waals surface area (Å²) in [5.74, 6) is 3.96. The van der Waals surface area contributed by atoms with Crippen LogP contribution in [0.2, 0.25) is 0 Å². The first-order valence-electron chi connectivity index (χ1n) is 10.5. The standard InChI is InChI=1S/C24H31NO2S/c1-2-23(25-27-15-7-6-11-19-9-4-3-5-10-19)22-14-13-20(17-24(22)26)21-12-8-16-28-18-21/h3-7,9-10,14,20-21H,2,8,11-13,15-18H2,1H3. The van der Waals surface area contributed by atoms with Crippen LogP contribution < -0.4 is 0 Å². The van der Waals surface area contributed by atoms with Crippen LogP contribution in [-0.4, -0.2) is 29.6 Å². The van der Waals surface area contributed by atoms with Crippen LogP contribution in [-0.2, 0) is 16.1 Å². The normalized spacial score (nSPS) is 23.7. The highest BCUT2D eigenvalue weighted by Gasteiger charge is 2.30. The fourth-order valence-corrected chi connectivity index (χ4v) is 5.23. The van der Waals surface area contributed by atoms with Crippen molar-refractivity contribution in [3.05, 3.63) is 59.7 Å². The van der Waals surface area contributed by atoms with E-state index in [4.69, 9.17) is 4.84 Å². The van der Waals surface area contributed by atoms with Crippen LogP contribution in [0.15, 0.2) is 59.3 Å². The smallest absolute Gasteiger partial charge is 0.164 e. The fourth-order valence-electron chi connectivity index (χ4n) is 3.95. The first-order valence-corrected chi connectivity index (χ1v) is 11.6. The zero-order valence-corrected chi connectivity index (χ0v) is 17.6. The first-order chi connectivity index (χ1) is 13.8. The van der Waals surface area contributed by atoms with E-state index in [1.54, 1.807) is 0 Å². The molecule has 0 saturated carbocycles. The van der Waals surface area contributed by atoms with Gasteiger partial charge < -0.3 is 4.84 Å². The predicted molar refractivity (Wildman–Crippen MR) is 119 cm³/mol. The summed E-state index contributed by atoms with van der Waals surface area (Å²) in [6, 6.07) is 10.3. The number of nitrogens with zero attached hydrogens (tertiary/aromatic N) is 1. The van der Waals surface area contributed by atoms with Crippen LogP contribution >= 0.6 is 11.8 Å². The molecule has 2 aliphatic rings. The molecule has 0 amide bonds. The van der Waals surface area contributed by atoms with Gasteiger partial charge in [0.1, 0.15) is 6.61 Å². The quantitative estimate of drug-likeness (QED) is 0.247. The summed E-state index contributed by atoms with van der Waals surface area (Å²) in [4.78, 5) is 18.2. The van der Waals surface area contributed by atoms with Crippen molar-refractivity contribution in [2.24, 2.45) is 17.0 Å². The SMILES string of the molecule is CCC(=NOCC=CCc1ccccc1)C1=CCC(C2CCCSC2)CC1=O. The number of allylic oxidation sites excluding steroid dienone is 3. The minimum absolute atomic E-state index is 0.246. The Balaban J connectivity index is 1.49. The fraction of sp³-hybridized carbons (Fsp3) is 0.500. The molecule has 1 saturated heterocycles. The van der Waals surface area contributed by atoms with E-state index in [1.807, 2.05) is 43.0 Å². The Kier molecular flexibility index (Phi) is 8.41. The van der Waals surface area contributed by atoms with Gasteiger partial charge in [-0.25, -0.2) is 0 Å². The minimum Gasteiger partial charge on any atom is -0.391 e. The van der Waals surface area contributed by atoms with Gasteiger partial charge in [0.2, 0.25) is 0 Å². The lowest BCUT2D eigenvalue weighted by Gasteiger charge is -2.31. The Morgan fingerprint density at radius 1 is 1.25 bits per heavy atom. The summed E-state index contributed by atoms with van der Waals surface area (Å²) in [7, 11) is 0. The summed E-state index contributed by atoms with van der Waals surface area (Å²) >= 11 is 2.04. The van der Waals surface area contributed by atoms with Gasteiger partial charge in [-0.3, -0.25) is 4.79 Å². The molecule has 150 valence electrons. The monoisotopic (exact) mass is 397 g/mol. The second-order valence-electron chi connectivity index (χ2n) is 7.57. The predicted octanol–water partition coefficient (Wildman–Crippen LogP) is 5.62. The zero-order chi connectivity index (χ0) is 19.6. The Bertz CT molecular complexity index is 717. The maximum absolute atomic E-state index is 12.7. The first kappa shape index (κ1) is 20.9. The van der Waals surface area contributed by atoms with E-state index in [2.05, 4.69) is 29.4 Å². The van der Waals surface area contributed by atoms with Gasteiger partial charge in [0, 0.05) is 12.0 Å². The van der Waals surface area contributed by atoms with Crippen molar-refractivity contribution in [1.82, 2.24) is 0 Å². The van der Waals surface area contributed by atoms with Crippen LogP contribution in [0.5, 0.6) is 0 Å². The number of oxime groups is 1. The number of hydrogen-bond donors (Lipinski definition) is 0. The molecule has 1 aliphatic heterocycles. The molecule has 1 aromatic rings. The third-order valence-corrected chi connectivity index (χ3v) is 6.83. The van der Waals surface area contributed by atoms with Gasteiger partial charge in [-0.1, -0.05) is 54.6 Å². The Labute approximate surface area is 173 Å². The Morgan fingerprint density at radius 2 is 2.11 bits per heavy atom. The van der Waals surface area contributed by atoms with E-state index in [9.17, 15) is 4.79 Å². The molecule has 2 unspecified atom stereocenters. The summed E-state index contributed by atoms with van der Waals surface area (Å²) in [6.07, 6.45) is 12.0. The highest BCUT2D eigenvalue weighted by molar-refractivity contribution is 7.99. The van der Waals surface area contributed by atoms with Gasteiger partial charge in [0.05, 0.1) is 5.71 Å². The van der Waals surface area contributed by atoms with Gasteiger partial charge in [-0.15, -0.1) is 0 Å². The van der Waals surface area contributed by atoms with Crippen LogP contribution in [0, 0.1) is 11.8 Å². The van der Waals surface area contributed by atoms with E-state index in [1.165, 1.54) is 29.9 Å². The number of carbonyl (C=O) groups is 1. The van der Waals surface area contributed by atoms with E-state index < -0.39 is 0 Å². The lowest BCUT2D eigenvalue weighted by molar-refractivity contribution is -0.116. The van der Waals surface area contributed by atoms with Crippen LogP contribution in [0.1, 0.15) is 44.6 Å². The molecule has 0 bridgehead atoms. The minimum atomic E-state index is 0.246. The molecular weight excluding hydrogens is 366 g/mol. The van der Waals surface area contributed by atoms with Gasteiger partial charge >= 0.3 is 0 Å². The van der Waals surface area contributed by atoms with Gasteiger partial charge in [-0.05, 0) is 67.1 Å². The number of thioether (sulfide) groups is 1. The van der Waals surface area contributed by atoms with E-state index in [0.29, 0.717) is 24.9 Å². The second kappa shape index (κ2) is 11.3. The number of carbonyl (C=O) groups excluding carboxylic acids is 1. The maximum atomic E-state index is 12.7. The molecule has 1 fully saturated rings. The molecule has 0 aromatic heterocycles. The number of ketones is 1. The molecule has 1 heterocycles. The topological polar surface area (TPSA) is 38.7 Å². The molecular formula is C24H31NO2S. The van der Waals surface area contributed by atoms with Gasteiger partial charge in [-0.2, -0.15) is 11.8 Å².